The number of aromatic nitrogens is 1. The van der Waals surface area contributed by atoms with Crippen LogP contribution in [0.25, 0.3) is 82.8 Å². The van der Waals surface area contributed by atoms with Crippen LogP contribution in [0.5, 0.6) is 0 Å². The molecule has 2 heteroatoms. The summed E-state index contributed by atoms with van der Waals surface area (Å²) in [5.41, 5.74) is 14.5. The Hall–Kier alpha value is -7.94. The molecule has 0 atom stereocenters. The summed E-state index contributed by atoms with van der Waals surface area (Å²) in [7, 11) is 0. The maximum Gasteiger partial charge on any atom is 0.0645 e. The molecular weight excluding hydrogens is 761 g/mol. The maximum absolute atomic E-state index is 9.83. The zero-order valence-electron chi connectivity index (χ0n) is 39.0. The number of rotatable bonds is 7. The highest BCUT2D eigenvalue weighted by Crippen LogP contribution is 2.51. The molecule has 0 aliphatic heterocycles. The summed E-state index contributed by atoms with van der Waals surface area (Å²) in [5.74, 6) is 0. The molecule has 1 aliphatic rings. The van der Waals surface area contributed by atoms with Gasteiger partial charge in [0.1, 0.15) is 0 Å². The third kappa shape index (κ3) is 6.09. The summed E-state index contributed by atoms with van der Waals surface area (Å²) in [4.78, 5) is 1.91. The fourth-order valence-corrected chi connectivity index (χ4v) is 9.92. The first-order valence-corrected chi connectivity index (χ1v) is 21.6. The summed E-state index contributed by atoms with van der Waals surface area (Å²) in [6, 6.07) is 70.7. The van der Waals surface area contributed by atoms with Crippen molar-refractivity contribution in [3.8, 4) is 50.2 Å². The van der Waals surface area contributed by atoms with Crippen molar-refractivity contribution < 1.29 is 5.48 Å². The van der Waals surface area contributed by atoms with Gasteiger partial charge in [0.25, 0.3) is 0 Å². The number of benzene rings is 10. The first-order chi connectivity index (χ1) is 32.7. The van der Waals surface area contributed by atoms with Gasteiger partial charge >= 0.3 is 0 Å². The molecule has 0 radical (unpaired) electrons. The molecule has 0 fully saturated rings. The molecule has 298 valence electrons. The second-order valence-corrected chi connectivity index (χ2v) is 17.0. The Kier molecular flexibility index (Phi) is 7.60. The number of para-hydroxylation sites is 1. The molecule has 0 saturated carbocycles. The lowest BCUT2D eigenvalue weighted by Crippen LogP contribution is -2.16. The highest BCUT2D eigenvalue weighted by molar-refractivity contribution is 6.10. The molecule has 0 saturated heterocycles. The van der Waals surface area contributed by atoms with Crippen molar-refractivity contribution in [2.45, 2.75) is 19.3 Å². The predicted octanol–water partition coefficient (Wildman–Crippen LogP) is 16.7. The van der Waals surface area contributed by atoms with Gasteiger partial charge in [-0.1, -0.05) is 178 Å². The van der Waals surface area contributed by atoms with E-state index in [0.717, 1.165) is 77.6 Å². The average Bonchev–Trinajstić information content (AvgIpc) is 3.82. The van der Waals surface area contributed by atoms with Gasteiger partial charge in [-0.25, -0.2) is 0 Å². The maximum atomic E-state index is 9.83. The first-order valence-electron chi connectivity index (χ1n) is 23.6. The number of nitrogens with zero attached hydrogens (tertiary/aromatic N) is 2. The molecule has 1 aliphatic carbocycles. The van der Waals surface area contributed by atoms with Crippen LogP contribution in [-0.4, -0.2) is 4.57 Å². The normalized spacial score (nSPS) is 13.6. The Bertz CT molecular complexity index is 3750. The van der Waals surface area contributed by atoms with Crippen molar-refractivity contribution in [3.05, 3.63) is 242 Å². The van der Waals surface area contributed by atoms with E-state index >= 15 is 0 Å². The summed E-state index contributed by atoms with van der Waals surface area (Å²) in [5, 5.41) is 4.34. The quantitative estimate of drug-likeness (QED) is 0.156. The van der Waals surface area contributed by atoms with E-state index in [1.165, 1.54) is 16.5 Å². The predicted molar refractivity (Wildman–Crippen MR) is 267 cm³/mol. The van der Waals surface area contributed by atoms with E-state index in [4.69, 9.17) is 0 Å². The zero-order chi connectivity index (χ0) is 45.6. The number of hydrogen-bond donors (Lipinski definition) is 0. The van der Waals surface area contributed by atoms with Crippen LogP contribution >= 0.6 is 0 Å². The van der Waals surface area contributed by atoms with Gasteiger partial charge in [-0.05, 0) is 133 Å². The lowest BCUT2D eigenvalue weighted by molar-refractivity contribution is 0.660. The molecule has 0 bridgehead atoms. The van der Waals surface area contributed by atoms with Gasteiger partial charge < -0.3 is 9.47 Å². The monoisotopic (exact) mass is 808 g/mol. The molecule has 2 nitrogen and oxygen atoms in total. The minimum Gasteiger partial charge on any atom is -0.310 e. The number of anilines is 3. The standard InChI is InChI=1S/C61H44N2/c1-61(2)57-22-12-10-20-53(57)54-36-35-50(40-58(54)61)62(48-32-27-44(28-33-48)52-19-9-8-18-51(52)43-15-4-3-5-16-43)47-30-24-42(25-31-47)46-29-37-60-56(39-46)55-21-11-13-23-59(55)63(60)49-34-26-41-14-6-7-17-45(41)38-49/h3-40H,1-2H3/i24D,25D,30D,31D. The Balaban J connectivity index is 1.02. The van der Waals surface area contributed by atoms with E-state index in [1.807, 2.05) is 53.4 Å². The molecule has 1 aromatic heterocycles. The van der Waals surface area contributed by atoms with Crippen LogP contribution in [0, 0.1) is 0 Å². The smallest absolute Gasteiger partial charge is 0.0645 e. The van der Waals surface area contributed by atoms with Crippen molar-refractivity contribution in [1.82, 2.24) is 4.57 Å². The van der Waals surface area contributed by atoms with Crippen LogP contribution in [0.1, 0.15) is 30.5 Å². The molecule has 63 heavy (non-hydrogen) atoms. The topological polar surface area (TPSA) is 8.17 Å². The lowest BCUT2D eigenvalue weighted by atomic mass is 9.82. The molecular formula is C61H44N2. The molecule has 12 rings (SSSR count). The molecule has 0 amide bonds. The zero-order valence-corrected chi connectivity index (χ0v) is 35.0. The van der Waals surface area contributed by atoms with Crippen molar-refractivity contribution in [2.75, 3.05) is 4.90 Å². The minimum atomic E-state index is -0.298. The van der Waals surface area contributed by atoms with Crippen LogP contribution in [0.15, 0.2) is 230 Å². The van der Waals surface area contributed by atoms with Gasteiger partial charge in [0.15, 0.2) is 0 Å². The van der Waals surface area contributed by atoms with E-state index in [-0.39, 0.29) is 40.8 Å². The van der Waals surface area contributed by atoms with E-state index in [9.17, 15) is 5.48 Å². The van der Waals surface area contributed by atoms with Crippen molar-refractivity contribution in [2.24, 2.45) is 0 Å². The molecule has 1 heterocycles. The van der Waals surface area contributed by atoms with Crippen LogP contribution in [0.3, 0.4) is 0 Å². The van der Waals surface area contributed by atoms with E-state index in [2.05, 4.69) is 176 Å². The van der Waals surface area contributed by atoms with Crippen molar-refractivity contribution >= 4 is 49.6 Å². The second kappa shape index (κ2) is 14.6. The minimum absolute atomic E-state index is 0.0964. The van der Waals surface area contributed by atoms with Crippen molar-refractivity contribution in [1.29, 1.82) is 0 Å². The largest absolute Gasteiger partial charge is 0.310 e. The van der Waals surface area contributed by atoms with Gasteiger partial charge in [-0.15, -0.1) is 0 Å². The third-order valence-electron chi connectivity index (χ3n) is 13.1. The Morgan fingerprint density at radius 1 is 0.381 bits per heavy atom. The van der Waals surface area contributed by atoms with Gasteiger partial charge in [0.05, 0.1) is 16.5 Å². The Labute approximate surface area is 374 Å². The van der Waals surface area contributed by atoms with Gasteiger partial charge in [-0.2, -0.15) is 0 Å². The number of fused-ring (bicyclic) bond motifs is 7. The van der Waals surface area contributed by atoms with Crippen LogP contribution in [0.4, 0.5) is 17.1 Å². The molecule has 11 aromatic rings. The summed E-state index contributed by atoms with van der Waals surface area (Å²) in [6.07, 6.45) is 0. The number of hydrogen-bond acceptors (Lipinski definition) is 1. The van der Waals surface area contributed by atoms with Crippen LogP contribution in [0.2, 0.25) is 0 Å². The molecule has 0 spiro atoms. The van der Waals surface area contributed by atoms with E-state index < -0.39 is 0 Å². The highest BCUT2D eigenvalue weighted by atomic mass is 15.1. The van der Waals surface area contributed by atoms with Gasteiger partial charge in [-0.3, -0.25) is 0 Å². The fourth-order valence-electron chi connectivity index (χ4n) is 9.92. The highest BCUT2D eigenvalue weighted by Gasteiger charge is 2.35. The Morgan fingerprint density at radius 3 is 1.78 bits per heavy atom. The SMILES string of the molecule is [2H]c1c([2H])c(N(c2ccc(-c3ccccc3-c3ccccc3)cc2)c2ccc3c(c2)C(C)(C)c2ccccc2-3)c([2H])c([2H])c1-c1ccc2c(c1)c1ccccc1n2-c1ccc2ccccc2c1. The third-order valence-corrected chi connectivity index (χ3v) is 13.1. The van der Waals surface area contributed by atoms with Crippen LogP contribution < -0.4 is 4.90 Å². The summed E-state index contributed by atoms with van der Waals surface area (Å²) >= 11 is 0. The molecule has 10 aromatic carbocycles. The first kappa shape index (κ1) is 32.8. The van der Waals surface area contributed by atoms with E-state index in [1.54, 1.807) is 0 Å². The molecule has 0 unspecified atom stereocenters. The lowest BCUT2D eigenvalue weighted by Gasteiger charge is -2.28. The summed E-state index contributed by atoms with van der Waals surface area (Å²) < 4.78 is 41.4. The molecule has 0 N–H and O–H groups in total. The van der Waals surface area contributed by atoms with Crippen LogP contribution in [-0.2, 0) is 5.41 Å². The summed E-state index contributed by atoms with van der Waals surface area (Å²) in [6.45, 7) is 4.48. The fraction of sp³-hybridized carbons (Fsp3) is 0.0492. The Morgan fingerprint density at radius 2 is 0.984 bits per heavy atom. The van der Waals surface area contributed by atoms with Gasteiger partial charge in [0.2, 0.25) is 0 Å². The van der Waals surface area contributed by atoms with E-state index in [0.29, 0.717) is 5.56 Å². The van der Waals surface area contributed by atoms with Gasteiger partial charge in [0, 0.05) is 38.9 Å². The second-order valence-electron chi connectivity index (χ2n) is 17.0. The average molecular weight is 809 g/mol. The van der Waals surface area contributed by atoms with Crippen molar-refractivity contribution in [3.63, 3.8) is 0 Å².